The summed E-state index contributed by atoms with van der Waals surface area (Å²) in [5.41, 5.74) is 0. The van der Waals surface area contributed by atoms with Crippen molar-refractivity contribution in [1.29, 1.82) is 0 Å². The molecule has 0 saturated carbocycles. The Kier molecular flexibility index (Phi) is 4.95. The Balaban J connectivity index is 1.87. The van der Waals surface area contributed by atoms with E-state index in [4.69, 9.17) is 0 Å². The summed E-state index contributed by atoms with van der Waals surface area (Å²) >= 11 is 1.56. The van der Waals surface area contributed by atoms with E-state index >= 15 is 0 Å². The molecule has 2 heterocycles. The lowest BCUT2D eigenvalue weighted by Gasteiger charge is -2.22. The molecule has 1 aliphatic rings. The minimum Gasteiger partial charge on any atom is -0.347 e. The first-order valence-electron chi connectivity index (χ1n) is 7.06. The number of anilines is 1. The van der Waals surface area contributed by atoms with Gasteiger partial charge in [-0.15, -0.1) is 0 Å². The normalized spacial score (nSPS) is 20.0. The molecule has 18 heavy (non-hydrogen) atoms. The largest absolute Gasteiger partial charge is 0.347 e. The third kappa shape index (κ3) is 3.20. The highest BCUT2D eigenvalue weighted by Gasteiger charge is 2.25. The molecule has 102 valence electrons. The molecule has 0 amide bonds. The summed E-state index contributed by atoms with van der Waals surface area (Å²) in [6, 6.07) is 0. The first-order valence-corrected chi connectivity index (χ1v) is 7.84. The second kappa shape index (κ2) is 6.48. The molecule has 0 bridgehead atoms. The molecule has 1 unspecified atom stereocenters. The summed E-state index contributed by atoms with van der Waals surface area (Å²) in [7, 11) is 0. The van der Waals surface area contributed by atoms with Crippen LogP contribution in [0.1, 0.15) is 33.0 Å². The van der Waals surface area contributed by atoms with Gasteiger partial charge in [-0.1, -0.05) is 20.8 Å². The quantitative estimate of drug-likeness (QED) is 0.792. The van der Waals surface area contributed by atoms with Crippen molar-refractivity contribution in [2.45, 2.75) is 33.6 Å². The number of hydrogen-bond donors (Lipinski definition) is 0. The van der Waals surface area contributed by atoms with Crippen molar-refractivity contribution < 1.29 is 0 Å². The second-order valence-corrected chi connectivity index (χ2v) is 5.66. The number of aromatic nitrogens is 2. The maximum Gasteiger partial charge on any atom is 0.205 e. The van der Waals surface area contributed by atoms with Crippen LogP contribution in [0.5, 0.6) is 0 Å². The zero-order chi connectivity index (χ0) is 13.0. The van der Waals surface area contributed by atoms with Crippen molar-refractivity contribution in [2.75, 3.05) is 37.6 Å². The van der Waals surface area contributed by atoms with Crippen LogP contribution in [0.15, 0.2) is 0 Å². The molecule has 1 fully saturated rings. The minimum absolute atomic E-state index is 0.791. The lowest BCUT2D eigenvalue weighted by molar-refractivity contribution is 0.261. The molecule has 0 N–H and O–H groups in total. The van der Waals surface area contributed by atoms with Crippen molar-refractivity contribution in [3.05, 3.63) is 5.82 Å². The molecule has 0 aromatic carbocycles. The predicted molar refractivity (Wildman–Crippen MR) is 77.4 cm³/mol. The van der Waals surface area contributed by atoms with Gasteiger partial charge in [-0.25, -0.2) is 4.98 Å². The van der Waals surface area contributed by atoms with Gasteiger partial charge in [0.15, 0.2) is 0 Å². The second-order valence-electron chi connectivity index (χ2n) is 4.93. The minimum atomic E-state index is 0.791. The molecule has 0 aliphatic carbocycles. The zero-order valence-electron chi connectivity index (χ0n) is 11.7. The van der Waals surface area contributed by atoms with Crippen LogP contribution >= 0.6 is 11.5 Å². The SMILES string of the molecule is CCc1nsc(N2CCC(CN(CC)CC)C2)n1. The van der Waals surface area contributed by atoms with E-state index in [0.717, 1.165) is 49.5 Å². The van der Waals surface area contributed by atoms with E-state index in [0.29, 0.717) is 0 Å². The van der Waals surface area contributed by atoms with E-state index < -0.39 is 0 Å². The molecule has 0 radical (unpaired) electrons. The van der Waals surface area contributed by atoms with E-state index in [1.54, 1.807) is 11.5 Å². The van der Waals surface area contributed by atoms with Crippen LogP contribution in [0.25, 0.3) is 0 Å². The molecular formula is C13H24N4S. The van der Waals surface area contributed by atoms with Gasteiger partial charge < -0.3 is 9.80 Å². The average Bonchev–Trinajstić information content (AvgIpc) is 3.04. The van der Waals surface area contributed by atoms with Crippen molar-refractivity contribution in [1.82, 2.24) is 14.3 Å². The van der Waals surface area contributed by atoms with Crippen molar-refractivity contribution in [2.24, 2.45) is 5.92 Å². The van der Waals surface area contributed by atoms with Crippen LogP contribution in [-0.4, -0.2) is 47.0 Å². The zero-order valence-corrected chi connectivity index (χ0v) is 12.5. The Bertz CT molecular complexity index is 362. The number of nitrogens with zero attached hydrogens (tertiary/aromatic N) is 4. The molecule has 2 rings (SSSR count). The fraction of sp³-hybridized carbons (Fsp3) is 0.846. The van der Waals surface area contributed by atoms with Gasteiger partial charge >= 0.3 is 0 Å². The topological polar surface area (TPSA) is 32.3 Å². The Morgan fingerprint density at radius 1 is 1.33 bits per heavy atom. The fourth-order valence-electron chi connectivity index (χ4n) is 2.52. The Morgan fingerprint density at radius 2 is 2.11 bits per heavy atom. The summed E-state index contributed by atoms with van der Waals surface area (Å²) in [6.07, 6.45) is 2.23. The molecule has 5 heteroatoms. The van der Waals surface area contributed by atoms with Gasteiger partial charge in [-0.3, -0.25) is 0 Å². The summed E-state index contributed by atoms with van der Waals surface area (Å²) in [4.78, 5) is 9.51. The van der Waals surface area contributed by atoms with E-state index in [9.17, 15) is 0 Å². The highest BCUT2D eigenvalue weighted by molar-refractivity contribution is 7.09. The lowest BCUT2D eigenvalue weighted by atomic mass is 10.1. The van der Waals surface area contributed by atoms with Gasteiger partial charge in [0.05, 0.1) is 0 Å². The van der Waals surface area contributed by atoms with E-state index in [1.165, 1.54) is 13.0 Å². The lowest BCUT2D eigenvalue weighted by Crippen LogP contribution is -2.31. The number of aryl methyl sites for hydroxylation is 1. The summed E-state index contributed by atoms with van der Waals surface area (Å²) in [6.45, 7) is 12.4. The van der Waals surface area contributed by atoms with Crippen LogP contribution in [0.2, 0.25) is 0 Å². The Hall–Kier alpha value is -0.680. The molecule has 1 aromatic rings. The molecule has 0 spiro atoms. The first kappa shape index (κ1) is 13.7. The van der Waals surface area contributed by atoms with Crippen molar-refractivity contribution in [3.63, 3.8) is 0 Å². The third-order valence-corrected chi connectivity index (χ3v) is 4.56. The van der Waals surface area contributed by atoms with Gasteiger partial charge in [0, 0.05) is 37.6 Å². The van der Waals surface area contributed by atoms with E-state index in [1.807, 2.05) is 0 Å². The fourth-order valence-corrected chi connectivity index (χ4v) is 3.30. The number of hydrogen-bond acceptors (Lipinski definition) is 5. The third-order valence-electron chi connectivity index (χ3n) is 3.74. The number of rotatable bonds is 6. The summed E-state index contributed by atoms with van der Waals surface area (Å²) in [5.74, 6) is 1.78. The standard InChI is InChI=1S/C13H24N4S/c1-4-12-14-13(18-15-12)17-8-7-11(10-17)9-16(5-2)6-3/h11H,4-10H2,1-3H3. The monoisotopic (exact) mass is 268 g/mol. The van der Waals surface area contributed by atoms with Crippen molar-refractivity contribution in [3.8, 4) is 0 Å². The van der Waals surface area contributed by atoms with E-state index in [-0.39, 0.29) is 0 Å². The van der Waals surface area contributed by atoms with Gasteiger partial charge in [-0.2, -0.15) is 4.37 Å². The smallest absolute Gasteiger partial charge is 0.205 e. The molecule has 1 aliphatic heterocycles. The maximum atomic E-state index is 4.58. The van der Waals surface area contributed by atoms with Crippen LogP contribution in [-0.2, 0) is 6.42 Å². The average molecular weight is 268 g/mol. The van der Waals surface area contributed by atoms with Crippen molar-refractivity contribution >= 4 is 16.7 Å². The van der Waals surface area contributed by atoms with Crippen LogP contribution in [0.4, 0.5) is 5.13 Å². The van der Waals surface area contributed by atoms with Crippen LogP contribution in [0.3, 0.4) is 0 Å². The van der Waals surface area contributed by atoms with Crippen LogP contribution < -0.4 is 4.90 Å². The van der Waals surface area contributed by atoms with Gasteiger partial charge in [-0.05, 0) is 25.4 Å². The molecule has 1 atom stereocenters. The first-order chi connectivity index (χ1) is 8.76. The molecular weight excluding hydrogens is 244 g/mol. The highest BCUT2D eigenvalue weighted by atomic mass is 32.1. The van der Waals surface area contributed by atoms with Crippen LogP contribution in [0, 0.1) is 5.92 Å². The highest BCUT2D eigenvalue weighted by Crippen LogP contribution is 2.25. The van der Waals surface area contributed by atoms with Gasteiger partial charge in [0.1, 0.15) is 5.82 Å². The van der Waals surface area contributed by atoms with Gasteiger partial charge in [0.2, 0.25) is 5.13 Å². The van der Waals surface area contributed by atoms with E-state index in [2.05, 4.69) is 39.9 Å². The summed E-state index contributed by atoms with van der Waals surface area (Å²) in [5, 5.41) is 1.12. The molecule has 4 nitrogen and oxygen atoms in total. The van der Waals surface area contributed by atoms with Gasteiger partial charge in [0.25, 0.3) is 0 Å². The molecule has 1 aromatic heterocycles. The Morgan fingerprint density at radius 3 is 2.72 bits per heavy atom. The maximum absolute atomic E-state index is 4.58. The predicted octanol–water partition coefficient (Wildman–Crippen LogP) is 2.27. The summed E-state index contributed by atoms with van der Waals surface area (Å²) < 4.78 is 4.38. The Labute approximate surface area is 114 Å². The molecule has 1 saturated heterocycles.